The van der Waals surface area contributed by atoms with Crippen LogP contribution in [0.3, 0.4) is 0 Å². The third-order valence-corrected chi connectivity index (χ3v) is 4.76. The molecule has 4 aromatic rings. The molecule has 0 amide bonds. The molecular formula is C20H21N2+. The van der Waals surface area contributed by atoms with Crippen LogP contribution in [0.1, 0.15) is 30.0 Å². The maximum atomic E-state index is 3.63. The van der Waals surface area contributed by atoms with E-state index >= 15 is 0 Å². The zero-order valence-corrected chi connectivity index (χ0v) is 13.4. The summed E-state index contributed by atoms with van der Waals surface area (Å²) < 4.78 is 2.27. The van der Waals surface area contributed by atoms with E-state index in [1.54, 1.807) is 0 Å². The van der Waals surface area contributed by atoms with Gasteiger partial charge in [0.25, 0.3) is 0 Å². The Morgan fingerprint density at radius 3 is 2.68 bits per heavy atom. The van der Waals surface area contributed by atoms with Gasteiger partial charge in [0, 0.05) is 33.5 Å². The molecule has 0 aliphatic carbocycles. The van der Waals surface area contributed by atoms with Gasteiger partial charge >= 0.3 is 0 Å². The monoisotopic (exact) mass is 289 g/mol. The van der Waals surface area contributed by atoms with Crippen LogP contribution in [-0.4, -0.2) is 4.98 Å². The summed E-state index contributed by atoms with van der Waals surface area (Å²) in [5, 5.41) is 2.61. The number of aryl methyl sites for hydroxylation is 2. The van der Waals surface area contributed by atoms with Gasteiger partial charge in [-0.1, -0.05) is 31.5 Å². The minimum absolute atomic E-state index is 1.14. The summed E-state index contributed by atoms with van der Waals surface area (Å²) >= 11 is 0. The van der Waals surface area contributed by atoms with Gasteiger partial charge in [-0.3, -0.25) is 0 Å². The van der Waals surface area contributed by atoms with E-state index in [4.69, 9.17) is 0 Å². The number of fused-ring (bicyclic) bond motifs is 5. The fraction of sp³-hybridized carbons (Fsp3) is 0.250. The summed E-state index contributed by atoms with van der Waals surface area (Å²) in [6.07, 6.45) is 6.78. The molecule has 0 fully saturated rings. The highest BCUT2D eigenvalue weighted by molar-refractivity contribution is 6.11. The Morgan fingerprint density at radius 1 is 1.05 bits per heavy atom. The lowest BCUT2D eigenvalue weighted by Gasteiger charge is -2.08. The number of aromatic nitrogens is 2. The highest BCUT2D eigenvalue weighted by Gasteiger charge is 2.19. The predicted molar refractivity (Wildman–Crippen MR) is 92.4 cm³/mol. The number of aromatic amines is 1. The van der Waals surface area contributed by atoms with Gasteiger partial charge in [-0.2, -0.15) is 4.40 Å². The SMILES string of the molecule is CCCc1c(C)c[n+]2ccc3c4ccccc4[nH]c3c2c1C. The molecule has 0 unspecified atom stereocenters. The number of nitrogens with zero attached hydrogens (tertiary/aromatic N) is 1. The van der Waals surface area contributed by atoms with Gasteiger partial charge in [-0.25, -0.2) is 0 Å². The molecule has 0 radical (unpaired) electrons. The molecule has 1 aromatic carbocycles. The maximum absolute atomic E-state index is 3.63. The molecule has 0 bridgehead atoms. The fourth-order valence-electron chi connectivity index (χ4n) is 3.73. The first-order valence-electron chi connectivity index (χ1n) is 8.04. The molecule has 0 saturated carbocycles. The van der Waals surface area contributed by atoms with Crippen LogP contribution in [0, 0.1) is 13.8 Å². The molecule has 0 spiro atoms. The predicted octanol–water partition coefficient (Wildman–Crippen LogP) is 4.63. The van der Waals surface area contributed by atoms with E-state index in [1.165, 1.54) is 50.4 Å². The minimum Gasteiger partial charge on any atom is -0.349 e. The van der Waals surface area contributed by atoms with Crippen LogP contribution < -0.4 is 4.40 Å². The zero-order valence-electron chi connectivity index (χ0n) is 13.4. The Balaban J connectivity index is 2.20. The van der Waals surface area contributed by atoms with Crippen LogP contribution in [-0.2, 0) is 6.42 Å². The molecule has 0 aliphatic rings. The van der Waals surface area contributed by atoms with Crippen molar-refractivity contribution in [3.8, 4) is 0 Å². The summed E-state index contributed by atoms with van der Waals surface area (Å²) in [6, 6.07) is 10.8. The van der Waals surface area contributed by atoms with Gasteiger partial charge in [0.05, 0.1) is 0 Å². The first-order chi connectivity index (χ1) is 10.7. The Kier molecular flexibility index (Phi) is 2.93. The molecule has 4 rings (SSSR count). The lowest BCUT2D eigenvalue weighted by Crippen LogP contribution is -2.24. The molecule has 22 heavy (non-hydrogen) atoms. The second-order valence-corrected chi connectivity index (χ2v) is 6.20. The van der Waals surface area contributed by atoms with Gasteiger partial charge in [-0.05, 0) is 31.9 Å². The van der Waals surface area contributed by atoms with Crippen molar-refractivity contribution in [2.45, 2.75) is 33.6 Å². The van der Waals surface area contributed by atoms with Crippen molar-refractivity contribution in [3.63, 3.8) is 0 Å². The summed E-state index contributed by atoms with van der Waals surface area (Å²) in [5.74, 6) is 0. The zero-order chi connectivity index (χ0) is 15.3. The van der Waals surface area contributed by atoms with Crippen molar-refractivity contribution in [2.24, 2.45) is 0 Å². The number of benzene rings is 1. The smallest absolute Gasteiger partial charge is 0.238 e. The number of hydrogen-bond acceptors (Lipinski definition) is 0. The van der Waals surface area contributed by atoms with E-state index in [9.17, 15) is 0 Å². The summed E-state index contributed by atoms with van der Waals surface area (Å²) in [4.78, 5) is 3.63. The fourth-order valence-corrected chi connectivity index (χ4v) is 3.73. The Hall–Kier alpha value is -2.35. The second-order valence-electron chi connectivity index (χ2n) is 6.20. The van der Waals surface area contributed by atoms with Gasteiger partial charge in [0.1, 0.15) is 5.52 Å². The van der Waals surface area contributed by atoms with Gasteiger partial charge < -0.3 is 4.98 Å². The number of pyridine rings is 2. The lowest BCUT2D eigenvalue weighted by atomic mass is 9.99. The number of hydrogen-bond donors (Lipinski definition) is 1. The minimum atomic E-state index is 1.14. The Morgan fingerprint density at radius 2 is 1.86 bits per heavy atom. The van der Waals surface area contributed by atoms with Crippen molar-refractivity contribution in [1.29, 1.82) is 0 Å². The number of nitrogens with one attached hydrogen (secondary N) is 1. The Labute approximate surface area is 130 Å². The van der Waals surface area contributed by atoms with Crippen LogP contribution in [0.4, 0.5) is 0 Å². The third-order valence-electron chi connectivity index (χ3n) is 4.76. The van der Waals surface area contributed by atoms with Crippen LogP contribution in [0.15, 0.2) is 42.7 Å². The number of para-hydroxylation sites is 1. The van der Waals surface area contributed by atoms with E-state index in [-0.39, 0.29) is 0 Å². The summed E-state index contributed by atoms with van der Waals surface area (Å²) in [5.41, 5.74) is 8.05. The number of rotatable bonds is 2. The van der Waals surface area contributed by atoms with Crippen LogP contribution in [0.25, 0.3) is 27.3 Å². The van der Waals surface area contributed by atoms with Gasteiger partial charge in [0.15, 0.2) is 12.4 Å². The largest absolute Gasteiger partial charge is 0.349 e. The molecule has 3 aromatic heterocycles. The van der Waals surface area contributed by atoms with E-state index in [0.29, 0.717) is 0 Å². The molecule has 110 valence electrons. The lowest BCUT2D eigenvalue weighted by molar-refractivity contribution is -0.511. The van der Waals surface area contributed by atoms with E-state index in [1.807, 2.05) is 0 Å². The topological polar surface area (TPSA) is 19.9 Å². The molecule has 0 saturated heterocycles. The quantitative estimate of drug-likeness (QED) is 0.519. The average Bonchev–Trinajstić information content (AvgIpc) is 2.89. The van der Waals surface area contributed by atoms with Crippen molar-refractivity contribution in [3.05, 3.63) is 59.4 Å². The van der Waals surface area contributed by atoms with Gasteiger partial charge in [-0.15, -0.1) is 0 Å². The van der Waals surface area contributed by atoms with Crippen LogP contribution in [0.2, 0.25) is 0 Å². The van der Waals surface area contributed by atoms with Crippen LogP contribution >= 0.6 is 0 Å². The molecule has 0 aliphatic heterocycles. The van der Waals surface area contributed by atoms with Gasteiger partial charge in [0.2, 0.25) is 5.52 Å². The highest BCUT2D eigenvalue weighted by Crippen LogP contribution is 2.29. The molecule has 2 heteroatoms. The molecule has 0 atom stereocenters. The van der Waals surface area contributed by atoms with Crippen molar-refractivity contribution in [2.75, 3.05) is 0 Å². The maximum Gasteiger partial charge on any atom is 0.238 e. The Bertz CT molecular complexity index is 1010. The highest BCUT2D eigenvalue weighted by atomic mass is 14.9. The third kappa shape index (κ3) is 1.77. The van der Waals surface area contributed by atoms with E-state index in [0.717, 1.165) is 6.42 Å². The summed E-state index contributed by atoms with van der Waals surface area (Å²) in [6.45, 7) is 6.73. The average molecular weight is 289 g/mol. The first kappa shape index (κ1) is 13.3. The van der Waals surface area contributed by atoms with Crippen molar-refractivity contribution >= 4 is 27.3 Å². The van der Waals surface area contributed by atoms with Crippen molar-refractivity contribution < 1.29 is 4.40 Å². The van der Waals surface area contributed by atoms with Crippen molar-refractivity contribution in [1.82, 2.24) is 4.98 Å². The molecule has 2 nitrogen and oxygen atoms in total. The van der Waals surface area contributed by atoms with E-state index < -0.39 is 0 Å². The standard InChI is InChI=1S/C20H20N2/c1-4-7-15-13(2)12-22-11-10-17-16-8-5-6-9-18(16)21-19(17)20(22)14(15)3/h5-6,8-12H,4,7H2,1-3H3/p+1. The van der Waals surface area contributed by atoms with E-state index in [2.05, 4.69) is 72.9 Å². The normalized spacial score (nSPS) is 11.8. The van der Waals surface area contributed by atoms with Crippen LogP contribution in [0.5, 0.6) is 0 Å². The molecular weight excluding hydrogens is 268 g/mol. The first-order valence-corrected chi connectivity index (χ1v) is 8.04. The summed E-state index contributed by atoms with van der Waals surface area (Å²) in [7, 11) is 0. The molecule has 3 heterocycles. The molecule has 1 N–H and O–H groups in total. The second kappa shape index (κ2) is 4.84. The number of H-pyrrole nitrogens is 1.